The number of hydrogen-bond donors (Lipinski definition) is 3. The fourth-order valence-electron chi connectivity index (χ4n) is 3.16. The summed E-state index contributed by atoms with van der Waals surface area (Å²) in [6.07, 6.45) is 2.36. The number of thiophene rings is 1. The third kappa shape index (κ3) is 3.83. The largest absolute Gasteiger partial charge is 0.387 e. The van der Waals surface area contributed by atoms with Crippen molar-refractivity contribution >= 4 is 11.3 Å². The zero-order valence-corrected chi connectivity index (χ0v) is 14.3. The van der Waals surface area contributed by atoms with Gasteiger partial charge in [-0.25, -0.2) is 0 Å². The lowest BCUT2D eigenvalue weighted by Crippen LogP contribution is -2.37. The minimum absolute atomic E-state index is 0.0517. The fraction of sp³-hybridized carbons (Fsp3) is 0.474. The van der Waals surface area contributed by atoms with Crippen LogP contribution in [0.3, 0.4) is 0 Å². The number of aliphatic hydroxyl groups excluding tert-OH is 1. The molecule has 1 heterocycles. The van der Waals surface area contributed by atoms with Crippen LogP contribution in [-0.2, 0) is 5.60 Å². The summed E-state index contributed by atoms with van der Waals surface area (Å²) in [5, 5.41) is 26.9. The smallest absolute Gasteiger partial charge is 0.103 e. The third-order valence-corrected chi connectivity index (χ3v) is 5.82. The van der Waals surface area contributed by atoms with Crippen LogP contribution in [0.5, 0.6) is 0 Å². The molecule has 3 rings (SSSR count). The van der Waals surface area contributed by atoms with E-state index in [2.05, 4.69) is 5.32 Å². The van der Waals surface area contributed by atoms with Gasteiger partial charge in [0.15, 0.2) is 0 Å². The first-order valence-corrected chi connectivity index (χ1v) is 9.22. The molecule has 1 aromatic carbocycles. The van der Waals surface area contributed by atoms with E-state index in [1.54, 1.807) is 11.3 Å². The number of benzene rings is 1. The molecule has 0 radical (unpaired) electrons. The summed E-state index contributed by atoms with van der Waals surface area (Å²) in [4.78, 5) is 1.07. The van der Waals surface area contributed by atoms with E-state index in [4.69, 9.17) is 0 Å². The monoisotopic (exact) mass is 331 g/mol. The summed E-state index contributed by atoms with van der Waals surface area (Å²) >= 11 is 1.63. The Labute approximate surface area is 142 Å². The molecule has 0 spiro atoms. The Kier molecular flexibility index (Phi) is 5.17. The first-order chi connectivity index (χ1) is 11.1. The van der Waals surface area contributed by atoms with Crippen molar-refractivity contribution < 1.29 is 10.2 Å². The number of rotatable bonds is 8. The predicted molar refractivity (Wildman–Crippen MR) is 94.4 cm³/mol. The second-order valence-electron chi connectivity index (χ2n) is 6.52. The average molecular weight is 331 g/mol. The van der Waals surface area contributed by atoms with Crippen LogP contribution in [0.15, 0.2) is 47.8 Å². The minimum atomic E-state index is -0.710. The van der Waals surface area contributed by atoms with E-state index in [-0.39, 0.29) is 6.04 Å². The van der Waals surface area contributed by atoms with Crippen LogP contribution < -0.4 is 5.32 Å². The quantitative estimate of drug-likeness (QED) is 0.694. The highest BCUT2D eigenvalue weighted by Crippen LogP contribution is 2.48. The molecule has 0 saturated heterocycles. The summed E-state index contributed by atoms with van der Waals surface area (Å²) in [7, 11) is 0. The first kappa shape index (κ1) is 16.7. The fourth-order valence-corrected chi connectivity index (χ4v) is 4.09. The van der Waals surface area contributed by atoms with Crippen molar-refractivity contribution in [2.24, 2.45) is 5.92 Å². The molecule has 1 saturated carbocycles. The lowest BCUT2D eigenvalue weighted by atomic mass is 9.91. The molecular weight excluding hydrogens is 306 g/mol. The molecular formula is C19H25NO2S. The lowest BCUT2D eigenvalue weighted by Gasteiger charge is -2.29. The molecule has 1 aliphatic carbocycles. The Balaban J connectivity index is 1.56. The van der Waals surface area contributed by atoms with E-state index in [0.29, 0.717) is 18.9 Å². The van der Waals surface area contributed by atoms with Crippen LogP contribution in [0.1, 0.15) is 42.7 Å². The first-order valence-electron chi connectivity index (χ1n) is 8.34. The van der Waals surface area contributed by atoms with Gasteiger partial charge in [0, 0.05) is 10.9 Å². The van der Waals surface area contributed by atoms with Crippen molar-refractivity contribution in [2.45, 2.75) is 43.9 Å². The van der Waals surface area contributed by atoms with E-state index in [1.165, 1.54) is 0 Å². The van der Waals surface area contributed by atoms with Crippen LogP contribution >= 0.6 is 11.3 Å². The summed E-state index contributed by atoms with van der Waals surface area (Å²) in [6, 6.07) is 13.7. The Morgan fingerprint density at radius 2 is 1.96 bits per heavy atom. The van der Waals surface area contributed by atoms with Crippen molar-refractivity contribution in [3.8, 4) is 0 Å². The van der Waals surface area contributed by atoms with Gasteiger partial charge in [0.1, 0.15) is 5.60 Å². The highest BCUT2D eigenvalue weighted by molar-refractivity contribution is 7.10. The molecule has 3 N–H and O–H groups in total. The van der Waals surface area contributed by atoms with Gasteiger partial charge < -0.3 is 15.5 Å². The van der Waals surface area contributed by atoms with Gasteiger partial charge in [0.05, 0.1) is 6.10 Å². The molecule has 0 aliphatic heterocycles. The van der Waals surface area contributed by atoms with Gasteiger partial charge in [0.2, 0.25) is 0 Å². The molecule has 3 atom stereocenters. The van der Waals surface area contributed by atoms with Gasteiger partial charge >= 0.3 is 0 Å². The SMILES string of the molecule is CC(NCCC(O)(c1cccs1)C1CC1)C(O)c1ccccc1. The molecule has 3 nitrogen and oxygen atoms in total. The highest BCUT2D eigenvalue weighted by Gasteiger charge is 2.45. The second kappa shape index (κ2) is 7.14. The maximum Gasteiger partial charge on any atom is 0.103 e. The standard InChI is InChI=1S/C19H25NO2S/c1-14(18(21)15-6-3-2-4-7-15)20-12-11-19(22,16-9-10-16)17-8-5-13-23-17/h2-8,13-14,16,18,20-22H,9-12H2,1H3. The number of nitrogens with one attached hydrogen (secondary N) is 1. The third-order valence-electron chi connectivity index (χ3n) is 4.79. The maximum atomic E-state index is 11.1. The molecule has 1 aliphatic rings. The van der Waals surface area contributed by atoms with Crippen LogP contribution in [0.2, 0.25) is 0 Å². The van der Waals surface area contributed by atoms with E-state index < -0.39 is 11.7 Å². The molecule has 23 heavy (non-hydrogen) atoms. The van der Waals surface area contributed by atoms with Gasteiger partial charge in [-0.05, 0) is 55.7 Å². The maximum absolute atomic E-state index is 11.1. The number of aliphatic hydroxyl groups is 2. The summed E-state index contributed by atoms with van der Waals surface area (Å²) in [5.41, 5.74) is 0.210. The second-order valence-corrected chi connectivity index (χ2v) is 7.47. The molecule has 0 bridgehead atoms. The van der Waals surface area contributed by atoms with Crippen molar-refractivity contribution in [1.29, 1.82) is 0 Å². The average Bonchev–Trinajstić information content (AvgIpc) is 3.29. The number of hydrogen-bond acceptors (Lipinski definition) is 4. The van der Waals surface area contributed by atoms with Crippen LogP contribution in [0, 0.1) is 5.92 Å². The molecule has 1 aromatic heterocycles. The van der Waals surface area contributed by atoms with Crippen LogP contribution in [0.4, 0.5) is 0 Å². The molecule has 124 valence electrons. The van der Waals surface area contributed by atoms with Crippen molar-refractivity contribution in [1.82, 2.24) is 5.32 Å². The Morgan fingerprint density at radius 3 is 2.57 bits per heavy atom. The zero-order valence-electron chi connectivity index (χ0n) is 13.5. The van der Waals surface area contributed by atoms with E-state index in [9.17, 15) is 10.2 Å². The summed E-state index contributed by atoms with van der Waals surface area (Å²) in [5.74, 6) is 0.386. The Morgan fingerprint density at radius 1 is 1.22 bits per heavy atom. The molecule has 2 aromatic rings. The van der Waals surface area contributed by atoms with Gasteiger partial charge in [-0.3, -0.25) is 0 Å². The van der Waals surface area contributed by atoms with E-state index in [0.717, 1.165) is 23.3 Å². The van der Waals surface area contributed by atoms with Gasteiger partial charge in [-0.1, -0.05) is 36.4 Å². The zero-order chi connectivity index (χ0) is 16.3. The van der Waals surface area contributed by atoms with Gasteiger partial charge in [-0.2, -0.15) is 0 Å². The normalized spacial score (nSPS) is 20.0. The predicted octanol–water partition coefficient (Wildman–Crippen LogP) is 3.45. The van der Waals surface area contributed by atoms with Gasteiger partial charge in [-0.15, -0.1) is 11.3 Å². The molecule has 1 fully saturated rings. The van der Waals surface area contributed by atoms with E-state index >= 15 is 0 Å². The van der Waals surface area contributed by atoms with Gasteiger partial charge in [0.25, 0.3) is 0 Å². The van der Waals surface area contributed by atoms with Crippen LogP contribution in [-0.4, -0.2) is 22.8 Å². The van der Waals surface area contributed by atoms with Crippen molar-refractivity contribution in [3.63, 3.8) is 0 Å². The topological polar surface area (TPSA) is 52.5 Å². The Hall–Kier alpha value is -1.20. The summed E-state index contributed by atoms with van der Waals surface area (Å²) in [6.45, 7) is 2.68. The van der Waals surface area contributed by atoms with Crippen molar-refractivity contribution in [3.05, 3.63) is 58.3 Å². The minimum Gasteiger partial charge on any atom is -0.387 e. The highest BCUT2D eigenvalue weighted by atomic mass is 32.1. The molecule has 4 heteroatoms. The molecule has 0 amide bonds. The molecule has 3 unspecified atom stereocenters. The van der Waals surface area contributed by atoms with Crippen LogP contribution in [0.25, 0.3) is 0 Å². The summed E-state index contributed by atoms with van der Waals surface area (Å²) < 4.78 is 0. The van der Waals surface area contributed by atoms with Crippen molar-refractivity contribution in [2.75, 3.05) is 6.54 Å². The van der Waals surface area contributed by atoms with E-state index in [1.807, 2.05) is 54.8 Å². The Bertz CT molecular complexity index is 597. The lowest BCUT2D eigenvalue weighted by molar-refractivity contribution is 0.00611.